The van der Waals surface area contributed by atoms with E-state index in [9.17, 15) is 9.59 Å². The molecule has 1 fully saturated rings. The van der Waals surface area contributed by atoms with Crippen LogP contribution in [0.15, 0.2) is 53.5 Å². The Bertz CT molecular complexity index is 981. The Hall–Kier alpha value is -2.90. The molecular formula is C23H25ClN4O3. The highest BCUT2D eigenvalue weighted by atomic mass is 35.5. The van der Waals surface area contributed by atoms with E-state index in [-0.39, 0.29) is 11.8 Å². The average molecular weight is 441 g/mol. The number of nitrogens with one attached hydrogen (secondary N) is 2. The summed E-state index contributed by atoms with van der Waals surface area (Å²) in [5.41, 5.74) is 1.66. The number of hydrogen-bond donors (Lipinski definition) is 2. The van der Waals surface area contributed by atoms with Gasteiger partial charge in [-0.2, -0.15) is 0 Å². The SMILES string of the molecule is COc1ccc(C2=NC3(CCN(CC(=O)NCc4ccc(Cl)cc4)CC3)NC2=O)cc1. The topological polar surface area (TPSA) is 83.0 Å². The van der Waals surface area contributed by atoms with Crippen LogP contribution in [0.3, 0.4) is 0 Å². The highest BCUT2D eigenvalue weighted by molar-refractivity contribution is 6.46. The molecule has 0 aromatic heterocycles. The maximum atomic E-state index is 12.5. The normalized spacial score (nSPS) is 17.9. The van der Waals surface area contributed by atoms with Crippen molar-refractivity contribution in [2.75, 3.05) is 26.7 Å². The van der Waals surface area contributed by atoms with Crippen molar-refractivity contribution < 1.29 is 14.3 Å². The van der Waals surface area contributed by atoms with Crippen LogP contribution in [0.2, 0.25) is 5.02 Å². The number of amides is 2. The van der Waals surface area contributed by atoms with Gasteiger partial charge in [0.25, 0.3) is 5.91 Å². The molecule has 162 valence electrons. The Labute approximate surface area is 186 Å². The van der Waals surface area contributed by atoms with Gasteiger partial charge in [0.2, 0.25) is 5.91 Å². The Balaban J connectivity index is 1.30. The summed E-state index contributed by atoms with van der Waals surface area (Å²) in [6.45, 7) is 2.17. The number of likely N-dealkylation sites (tertiary alicyclic amines) is 1. The molecule has 8 heteroatoms. The zero-order chi connectivity index (χ0) is 21.8. The lowest BCUT2D eigenvalue weighted by Gasteiger charge is -2.36. The third-order valence-corrected chi connectivity index (χ3v) is 5.96. The smallest absolute Gasteiger partial charge is 0.272 e. The van der Waals surface area contributed by atoms with Crippen LogP contribution in [0.5, 0.6) is 5.75 Å². The van der Waals surface area contributed by atoms with Gasteiger partial charge in [-0.15, -0.1) is 0 Å². The number of aliphatic imine (C=N–C) groups is 1. The molecular weight excluding hydrogens is 416 g/mol. The quantitative estimate of drug-likeness (QED) is 0.722. The molecule has 2 aliphatic rings. The van der Waals surface area contributed by atoms with Crippen molar-refractivity contribution in [3.8, 4) is 5.75 Å². The number of ether oxygens (including phenoxy) is 1. The summed E-state index contributed by atoms with van der Waals surface area (Å²) in [6, 6.07) is 14.7. The minimum absolute atomic E-state index is 0.0243. The molecule has 31 heavy (non-hydrogen) atoms. The molecule has 2 aliphatic heterocycles. The monoisotopic (exact) mass is 440 g/mol. The summed E-state index contributed by atoms with van der Waals surface area (Å²) in [7, 11) is 1.61. The van der Waals surface area contributed by atoms with E-state index in [2.05, 4.69) is 15.5 Å². The van der Waals surface area contributed by atoms with Crippen LogP contribution in [0.4, 0.5) is 0 Å². The second-order valence-corrected chi connectivity index (χ2v) is 8.29. The van der Waals surface area contributed by atoms with Gasteiger partial charge in [0.05, 0.1) is 13.7 Å². The minimum atomic E-state index is -0.581. The molecule has 0 aliphatic carbocycles. The molecule has 0 saturated carbocycles. The standard InChI is InChI=1S/C23H25ClN4O3/c1-31-19-8-4-17(5-9-19)21-22(30)27-23(26-21)10-12-28(13-11-23)15-20(29)25-14-16-2-6-18(24)7-3-16/h2-9H,10-15H2,1H3,(H,25,29)(H,27,30). The molecule has 2 N–H and O–H groups in total. The number of nitrogens with zero attached hydrogens (tertiary/aromatic N) is 2. The maximum Gasteiger partial charge on any atom is 0.272 e. The molecule has 4 rings (SSSR count). The summed E-state index contributed by atoms with van der Waals surface area (Å²) in [4.78, 5) is 31.7. The fourth-order valence-electron chi connectivity index (χ4n) is 3.89. The minimum Gasteiger partial charge on any atom is -0.497 e. The lowest BCUT2D eigenvalue weighted by atomic mass is 9.98. The number of hydrogen-bond acceptors (Lipinski definition) is 5. The van der Waals surface area contributed by atoms with Crippen molar-refractivity contribution in [3.05, 3.63) is 64.7 Å². The Morgan fingerprint density at radius 1 is 1.16 bits per heavy atom. The molecule has 0 radical (unpaired) electrons. The van der Waals surface area contributed by atoms with Gasteiger partial charge in [0.1, 0.15) is 17.1 Å². The van der Waals surface area contributed by atoms with E-state index in [4.69, 9.17) is 21.3 Å². The van der Waals surface area contributed by atoms with E-state index in [0.717, 1.165) is 16.9 Å². The van der Waals surface area contributed by atoms with Crippen molar-refractivity contribution in [3.63, 3.8) is 0 Å². The summed E-state index contributed by atoms with van der Waals surface area (Å²) >= 11 is 5.89. The third kappa shape index (κ3) is 5.06. The summed E-state index contributed by atoms with van der Waals surface area (Å²) in [5.74, 6) is 0.559. The zero-order valence-electron chi connectivity index (χ0n) is 17.4. The largest absolute Gasteiger partial charge is 0.497 e. The molecule has 1 saturated heterocycles. The molecule has 0 atom stereocenters. The zero-order valence-corrected chi connectivity index (χ0v) is 18.1. The van der Waals surface area contributed by atoms with E-state index in [1.807, 2.05) is 48.5 Å². The van der Waals surface area contributed by atoms with Gasteiger partial charge in [-0.1, -0.05) is 23.7 Å². The van der Waals surface area contributed by atoms with Crippen molar-refractivity contribution in [1.82, 2.24) is 15.5 Å². The highest BCUT2D eigenvalue weighted by Gasteiger charge is 2.42. The van der Waals surface area contributed by atoms with Gasteiger partial charge in [-0.3, -0.25) is 19.5 Å². The van der Waals surface area contributed by atoms with Crippen molar-refractivity contribution in [2.24, 2.45) is 4.99 Å². The van der Waals surface area contributed by atoms with E-state index in [0.29, 0.717) is 49.8 Å². The second kappa shape index (κ2) is 9.08. The van der Waals surface area contributed by atoms with E-state index in [1.54, 1.807) is 7.11 Å². The van der Waals surface area contributed by atoms with Gasteiger partial charge >= 0.3 is 0 Å². The fraction of sp³-hybridized carbons (Fsp3) is 0.348. The Kier molecular flexibility index (Phi) is 6.25. The fourth-order valence-corrected chi connectivity index (χ4v) is 4.01. The molecule has 0 unspecified atom stereocenters. The number of carbonyl (C=O) groups is 2. The third-order valence-electron chi connectivity index (χ3n) is 5.70. The van der Waals surface area contributed by atoms with Crippen LogP contribution in [-0.2, 0) is 16.1 Å². The predicted molar refractivity (Wildman–Crippen MR) is 119 cm³/mol. The van der Waals surface area contributed by atoms with Gasteiger partial charge in [0, 0.05) is 43.1 Å². The molecule has 0 bridgehead atoms. The highest BCUT2D eigenvalue weighted by Crippen LogP contribution is 2.29. The van der Waals surface area contributed by atoms with Gasteiger partial charge in [-0.25, -0.2) is 0 Å². The van der Waals surface area contributed by atoms with Gasteiger partial charge in [-0.05, 0) is 42.0 Å². The van der Waals surface area contributed by atoms with E-state index >= 15 is 0 Å². The molecule has 1 spiro atoms. The number of rotatable bonds is 6. The van der Waals surface area contributed by atoms with Crippen LogP contribution < -0.4 is 15.4 Å². The Morgan fingerprint density at radius 2 is 1.84 bits per heavy atom. The first kappa shape index (κ1) is 21.3. The van der Waals surface area contributed by atoms with Crippen LogP contribution in [0.25, 0.3) is 0 Å². The van der Waals surface area contributed by atoms with Gasteiger partial charge < -0.3 is 15.4 Å². The van der Waals surface area contributed by atoms with Crippen molar-refractivity contribution >= 4 is 29.1 Å². The van der Waals surface area contributed by atoms with Gasteiger partial charge in [0.15, 0.2) is 0 Å². The number of piperidine rings is 1. The summed E-state index contributed by atoms with van der Waals surface area (Å²) < 4.78 is 5.18. The van der Waals surface area contributed by atoms with Crippen LogP contribution >= 0.6 is 11.6 Å². The lowest BCUT2D eigenvalue weighted by molar-refractivity contribution is -0.123. The van der Waals surface area contributed by atoms with Crippen LogP contribution in [0.1, 0.15) is 24.0 Å². The first-order valence-corrected chi connectivity index (χ1v) is 10.6. The number of benzene rings is 2. The number of methoxy groups -OCH3 is 1. The van der Waals surface area contributed by atoms with E-state index in [1.165, 1.54) is 0 Å². The summed E-state index contributed by atoms with van der Waals surface area (Å²) in [6.07, 6.45) is 1.34. The molecule has 2 aromatic carbocycles. The number of carbonyl (C=O) groups excluding carboxylic acids is 2. The maximum absolute atomic E-state index is 12.5. The first-order valence-electron chi connectivity index (χ1n) is 10.3. The van der Waals surface area contributed by atoms with Crippen LogP contribution in [0, 0.1) is 0 Å². The molecule has 2 heterocycles. The molecule has 2 aromatic rings. The first-order chi connectivity index (χ1) is 15.0. The predicted octanol–water partition coefficient (Wildman–Crippen LogP) is 2.38. The lowest BCUT2D eigenvalue weighted by Crippen LogP contribution is -2.52. The Morgan fingerprint density at radius 3 is 2.48 bits per heavy atom. The second-order valence-electron chi connectivity index (χ2n) is 7.85. The van der Waals surface area contributed by atoms with E-state index < -0.39 is 5.66 Å². The van der Waals surface area contributed by atoms with Crippen molar-refractivity contribution in [2.45, 2.75) is 25.0 Å². The van der Waals surface area contributed by atoms with Crippen molar-refractivity contribution in [1.29, 1.82) is 0 Å². The summed E-state index contributed by atoms with van der Waals surface area (Å²) in [5, 5.41) is 6.68. The molecule has 2 amide bonds. The average Bonchev–Trinajstić information content (AvgIpc) is 3.11. The number of halogens is 1. The molecule has 7 nitrogen and oxygen atoms in total. The van der Waals surface area contributed by atoms with Crippen LogP contribution in [-0.4, -0.2) is 54.8 Å².